The summed E-state index contributed by atoms with van der Waals surface area (Å²) in [5.41, 5.74) is 0.670. The zero-order valence-electron chi connectivity index (χ0n) is 8.84. The second-order valence-electron chi connectivity index (χ2n) is 4.01. The Morgan fingerprint density at radius 2 is 2.35 bits per heavy atom. The number of urea groups is 1. The molecule has 1 fully saturated rings. The molecule has 3 rings (SSSR count). The lowest BCUT2D eigenvalue weighted by Gasteiger charge is -2.30. The number of hydrogen-bond donors (Lipinski definition) is 2. The number of fused-ring (bicyclic) bond motifs is 3. The van der Waals surface area contributed by atoms with Crippen molar-refractivity contribution in [2.24, 2.45) is 0 Å². The minimum absolute atomic E-state index is 0.0564. The molecule has 0 aromatic heterocycles. The molecule has 0 radical (unpaired) electrons. The fraction of sp³-hybridized carbons (Fsp3) is 0.273. The van der Waals surface area contributed by atoms with Gasteiger partial charge in [-0.05, 0) is 18.2 Å². The highest BCUT2D eigenvalue weighted by Gasteiger charge is 2.37. The fourth-order valence-electron chi connectivity index (χ4n) is 2.13. The van der Waals surface area contributed by atoms with Crippen LogP contribution in [0.3, 0.4) is 0 Å². The number of hydrogen-bond acceptors (Lipinski definition) is 3. The molecule has 1 saturated heterocycles. The molecule has 2 heterocycles. The first-order valence-electron chi connectivity index (χ1n) is 5.24. The second kappa shape index (κ2) is 3.38. The van der Waals surface area contributed by atoms with Gasteiger partial charge in [0, 0.05) is 6.54 Å². The van der Waals surface area contributed by atoms with E-state index in [9.17, 15) is 9.59 Å². The van der Waals surface area contributed by atoms with Crippen molar-refractivity contribution >= 4 is 17.7 Å². The smallest absolute Gasteiger partial charge is 0.335 e. The van der Waals surface area contributed by atoms with Gasteiger partial charge < -0.3 is 15.2 Å². The summed E-state index contributed by atoms with van der Waals surface area (Å²) < 4.78 is 5.49. The summed E-state index contributed by atoms with van der Waals surface area (Å²) in [6, 6.07) is 4.26. The summed E-state index contributed by atoms with van der Waals surface area (Å²) >= 11 is 0. The van der Waals surface area contributed by atoms with Gasteiger partial charge in [-0.15, -0.1) is 0 Å². The van der Waals surface area contributed by atoms with Gasteiger partial charge >= 0.3 is 12.0 Å². The van der Waals surface area contributed by atoms with Gasteiger partial charge in [-0.1, -0.05) is 0 Å². The van der Waals surface area contributed by atoms with Crippen LogP contribution in [0.2, 0.25) is 0 Å². The first kappa shape index (κ1) is 9.95. The molecule has 88 valence electrons. The summed E-state index contributed by atoms with van der Waals surface area (Å²) in [7, 11) is 0. The second-order valence-corrected chi connectivity index (χ2v) is 4.01. The molecule has 2 aliphatic heterocycles. The SMILES string of the molecule is O=C(O)c1ccc2c(c1)N1C(=O)NCC1CO2. The monoisotopic (exact) mass is 234 g/mol. The Hall–Kier alpha value is -2.24. The molecule has 0 aliphatic carbocycles. The maximum atomic E-state index is 11.7. The molecule has 6 heteroatoms. The van der Waals surface area contributed by atoms with E-state index in [-0.39, 0.29) is 17.6 Å². The lowest BCUT2D eigenvalue weighted by atomic mass is 10.1. The highest BCUT2D eigenvalue weighted by Crippen LogP contribution is 2.36. The van der Waals surface area contributed by atoms with E-state index in [4.69, 9.17) is 9.84 Å². The number of aromatic carboxylic acids is 1. The highest BCUT2D eigenvalue weighted by molar-refractivity contribution is 5.99. The molecule has 6 nitrogen and oxygen atoms in total. The lowest BCUT2D eigenvalue weighted by Crippen LogP contribution is -2.41. The van der Waals surface area contributed by atoms with Crippen molar-refractivity contribution in [1.29, 1.82) is 0 Å². The molecule has 2 amide bonds. The predicted octanol–water partition coefficient (Wildman–Crippen LogP) is 0.675. The van der Waals surface area contributed by atoms with Gasteiger partial charge in [-0.25, -0.2) is 9.59 Å². The first-order valence-corrected chi connectivity index (χ1v) is 5.24. The average molecular weight is 234 g/mol. The Morgan fingerprint density at radius 1 is 1.53 bits per heavy atom. The van der Waals surface area contributed by atoms with Crippen molar-refractivity contribution < 1.29 is 19.4 Å². The number of rotatable bonds is 1. The van der Waals surface area contributed by atoms with Crippen molar-refractivity contribution in [3.63, 3.8) is 0 Å². The minimum atomic E-state index is -1.02. The van der Waals surface area contributed by atoms with Crippen LogP contribution >= 0.6 is 0 Å². The van der Waals surface area contributed by atoms with Crippen LogP contribution < -0.4 is 15.0 Å². The van der Waals surface area contributed by atoms with E-state index < -0.39 is 5.97 Å². The molecule has 1 aromatic rings. The van der Waals surface area contributed by atoms with Crippen LogP contribution in [0.25, 0.3) is 0 Å². The zero-order valence-corrected chi connectivity index (χ0v) is 8.84. The van der Waals surface area contributed by atoms with Crippen LogP contribution in [0.5, 0.6) is 5.75 Å². The van der Waals surface area contributed by atoms with Crippen molar-refractivity contribution in [2.45, 2.75) is 6.04 Å². The van der Waals surface area contributed by atoms with Crippen molar-refractivity contribution in [3.05, 3.63) is 23.8 Å². The van der Waals surface area contributed by atoms with Crippen LogP contribution in [0.1, 0.15) is 10.4 Å². The molecule has 2 N–H and O–H groups in total. The Kier molecular flexibility index (Phi) is 1.98. The summed E-state index contributed by atoms with van der Waals surface area (Å²) in [5, 5.41) is 11.6. The fourth-order valence-corrected chi connectivity index (χ4v) is 2.13. The molecule has 0 bridgehead atoms. The van der Waals surface area contributed by atoms with E-state index in [1.165, 1.54) is 12.1 Å². The van der Waals surface area contributed by atoms with E-state index in [2.05, 4.69) is 5.32 Å². The number of carboxylic acids is 1. The standard InChI is InChI=1S/C11H10N2O4/c14-10(15)6-1-2-9-8(3-6)13-7(5-17-9)4-12-11(13)16/h1-3,7H,4-5H2,(H,12,16)(H,14,15). The molecule has 17 heavy (non-hydrogen) atoms. The molecule has 1 unspecified atom stereocenters. The number of benzene rings is 1. The van der Waals surface area contributed by atoms with Crippen molar-refractivity contribution in [3.8, 4) is 5.75 Å². The van der Waals surface area contributed by atoms with E-state index in [1.54, 1.807) is 11.0 Å². The number of amides is 2. The van der Waals surface area contributed by atoms with Gasteiger partial charge in [0.1, 0.15) is 12.4 Å². The maximum absolute atomic E-state index is 11.7. The van der Waals surface area contributed by atoms with Crippen LogP contribution in [0, 0.1) is 0 Å². The lowest BCUT2D eigenvalue weighted by molar-refractivity contribution is 0.0696. The van der Waals surface area contributed by atoms with E-state index in [0.717, 1.165) is 0 Å². The van der Waals surface area contributed by atoms with Gasteiger partial charge in [0.05, 0.1) is 17.3 Å². The highest BCUT2D eigenvalue weighted by atomic mass is 16.5. The topological polar surface area (TPSA) is 78.9 Å². The molecular weight excluding hydrogens is 224 g/mol. The number of nitrogens with one attached hydrogen (secondary N) is 1. The van der Waals surface area contributed by atoms with E-state index in [0.29, 0.717) is 24.6 Å². The quantitative estimate of drug-likeness (QED) is 0.748. The molecule has 1 aromatic carbocycles. The van der Waals surface area contributed by atoms with Crippen molar-refractivity contribution in [2.75, 3.05) is 18.1 Å². The van der Waals surface area contributed by atoms with Gasteiger partial charge in [-0.2, -0.15) is 0 Å². The maximum Gasteiger partial charge on any atom is 0.335 e. The summed E-state index contributed by atoms with van der Waals surface area (Å²) in [4.78, 5) is 24.1. The van der Waals surface area contributed by atoms with E-state index >= 15 is 0 Å². The number of carbonyl (C=O) groups excluding carboxylic acids is 1. The number of anilines is 1. The molecule has 0 saturated carbocycles. The number of nitrogens with zero attached hydrogens (tertiary/aromatic N) is 1. The molecule has 0 spiro atoms. The summed E-state index contributed by atoms with van der Waals surface area (Å²) in [5.74, 6) is -0.474. The zero-order chi connectivity index (χ0) is 12.0. The Morgan fingerprint density at radius 3 is 3.12 bits per heavy atom. The number of carbonyl (C=O) groups is 2. The number of ether oxygens (including phenoxy) is 1. The van der Waals surface area contributed by atoms with E-state index in [1.807, 2.05) is 0 Å². The largest absolute Gasteiger partial charge is 0.489 e. The third kappa shape index (κ3) is 1.41. The first-order chi connectivity index (χ1) is 8.16. The normalized spacial score (nSPS) is 21.3. The summed E-state index contributed by atoms with van der Waals surface area (Å²) in [6.07, 6.45) is 0. The minimum Gasteiger partial charge on any atom is -0.489 e. The summed E-state index contributed by atoms with van der Waals surface area (Å²) in [6.45, 7) is 0.952. The third-order valence-corrected chi connectivity index (χ3v) is 2.97. The molecule has 1 atom stereocenters. The third-order valence-electron chi connectivity index (χ3n) is 2.97. The Balaban J connectivity index is 2.10. The Bertz CT molecular complexity index is 514. The Labute approximate surface area is 96.8 Å². The van der Waals surface area contributed by atoms with Crippen LogP contribution in [0.4, 0.5) is 10.5 Å². The van der Waals surface area contributed by atoms with Crippen LogP contribution in [-0.4, -0.2) is 36.3 Å². The van der Waals surface area contributed by atoms with Gasteiger partial charge in [0.2, 0.25) is 0 Å². The van der Waals surface area contributed by atoms with Gasteiger partial charge in [0.25, 0.3) is 0 Å². The van der Waals surface area contributed by atoms with Crippen LogP contribution in [0.15, 0.2) is 18.2 Å². The van der Waals surface area contributed by atoms with Gasteiger partial charge in [0.15, 0.2) is 0 Å². The average Bonchev–Trinajstić information content (AvgIpc) is 2.70. The van der Waals surface area contributed by atoms with Gasteiger partial charge in [-0.3, -0.25) is 4.90 Å². The molecular formula is C11H10N2O4. The predicted molar refractivity (Wildman–Crippen MR) is 58.6 cm³/mol. The number of carboxylic acid groups (broad SMARTS) is 1. The van der Waals surface area contributed by atoms with Crippen LogP contribution in [-0.2, 0) is 0 Å². The van der Waals surface area contributed by atoms with Crippen molar-refractivity contribution in [1.82, 2.24) is 5.32 Å². The molecule has 2 aliphatic rings.